The quantitative estimate of drug-likeness (QED) is 0.699. The van der Waals surface area contributed by atoms with Crippen molar-refractivity contribution in [3.05, 3.63) is 35.9 Å². The Morgan fingerprint density at radius 3 is 2.80 bits per heavy atom. The zero-order valence-corrected chi connectivity index (χ0v) is 8.94. The highest BCUT2D eigenvalue weighted by Crippen LogP contribution is 2.43. The molecule has 1 fully saturated rings. The molecule has 0 saturated carbocycles. The molecule has 1 aliphatic rings. The van der Waals surface area contributed by atoms with Gasteiger partial charge in [0, 0.05) is 6.61 Å². The molecule has 2 rings (SSSR count). The maximum Gasteiger partial charge on any atom is 0.101 e. The number of hydrogen-bond donors (Lipinski definition) is 0. The van der Waals surface area contributed by atoms with Gasteiger partial charge in [0.25, 0.3) is 0 Å². The summed E-state index contributed by atoms with van der Waals surface area (Å²) in [7, 11) is 0. The minimum Gasteiger partial charge on any atom is -0.372 e. The van der Waals surface area contributed by atoms with Crippen molar-refractivity contribution in [2.75, 3.05) is 6.61 Å². The lowest BCUT2D eigenvalue weighted by Crippen LogP contribution is -2.31. The van der Waals surface area contributed by atoms with Crippen molar-refractivity contribution in [2.45, 2.75) is 25.9 Å². The maximum atomic E-state index is 9.25. The molecular weight excluding hydrogens is 186 g/mol. The lowest BCUT2D eigenvalue weighted by molar-refractivity contribution is -0.0525. The highest BCUT2D eigenvalue weighted by atomic mass is 16.5. The van der Waals surface area contributed by atoms with Crippen molar-refractivity contribution < 1.29 is 4.74 Å². The van der Waals surface area contributed by atoms with Crippen LogP contribution in [0.15, 0.2) is 30.3 Å². The van der Waals surface area contributed by atoms with Gasteiger partial charge in [0.05, 0.1) is 11.5 Å². The Hall–Kier alpha value is -1.33. The van der Waals surface area contributed by atoms with Gasteiger partial charge in [-0.1, -0.05) is 30.3 Å². The van der Waals surface area contributed by atoms with Crippen LogP contribution in [0.2, 0.25) is 0 Å². The molecule has 2 nitrogen and oxygen atoms in total. The second-order valence-corrected chi connectivity index (χ2v) is 4.29. The fraction of sp³-hybridized carbons (Fsp3) is 0.462. The van der Waals surface area contributed by atoms with Crippen LogP contribution < -0.4 is 0 Å². The lowest BCUT2D eigenvalue weighted by atomic mass is 9.77. The third-order valence-electron chi connectivity index (χ3n) is 3.06. The molecular formula is C13H15NO. The predicted molar refractivity (Wildman–Crippen MR) is 58.1 cm³/mol. The molecule has 78 valence electrons. The normalized spacial score (nSPS) is 30.8. The van der Waals surface area contributed by atoms with Crippen LogP contribution in [0.1, 0.15) is 31.4 Å². The zero-order valence-electron chi connectivity index (χ0n) is 8.94. The lowest BCUT2D eigenvalue weighted by Gasteiger charge is -2.36. The largest absolute Gasteiger partial charge is 0.372 e. The van der Waals surface area contributed by atoms with E-state index in [0.29, 0.717) is 0 Å². The average Bonchev–Trinajstić information content (AvgIpc) is 2.31. The molecule has 0 aromatic heterocycles. The number of benzene rings is 1. The van der Waals surface area contributed by atoms with E-state index >= 15 is 0 Å². The SMILES string of the molecule is CC1(C#N)CCCOC1c1ccccc1. The molecule has 1 heterocycles. The smallest absolute Gasteiger partial charge is 0.101 e. The Morgan fingerprint density at radius 1 is 1.40 bits per heavy atom. The third-order valence-corrected chi connectivity index (χ3v) is 3.06. The van der Waals surface area contributed by atoms with Gasteiger partial charge in [0.1, 0.15) is 6.10 Å². The molecule has 0 spiro atoms. The molecule has 2 heteroatoms. The molecule has 1 aliphatic heterocycles. The molecule has 2 unspecified atom stereocenters. The van der Waals surface area contributed by atoms with Gasteiger partial charge in [-0.15, -0.1) is 0 Å². The van der Waals surface area contributed by atoms with E-state index in [4.69, 9.17) is 4.74 Å². The summed E-state index contributed by atoms with van der Waals surface area (Å²) >= 11 is 0. The van der Waals surface area contributed by atoms with Gasteiger partial charge < -0.3 is 4.74 Å². The van der Waals surface area contributed by atoms with Gasteiger partial charge in [-0.3, -0.25) is 0 Å². The van der Waals surface area contributed by atoms with Crippen LogP contribution in [-0.4, -0.2) is 6.61 Å². The van der Waals surface area contributed by atoms with Gasteiger partial charge in [-0.05, 0) is 25.3 Å². The first kappa shape index (κ1) is 10.2. The molecule has 0 aliphatic carbocycles. The molecule has 1 aromatic carbocycles. The Labute approximate surface area is 90.5 Å². The second kappa shape index (κ2) is 4.04. The van der Waals surface area contributed by atoms with E-state index in [1.807, 2.05) is 37.3 Å². The van der Waals surface area contributed by atoms with Crippen LogP contribution >= 0.6 is 0 Å². The first-order valence-electron chi connectivity index (χ1n) is 5.34. The Balaban J connectivity index is 2.31. The standard InChI is InChI=1S/C13H15NO/c1-13(10-14)8-5-9-15-12(13)11-6-3-2-4-7-11/h2-4,6-7,12H,5,8-9H2,1H3. The average molecular weight is 201 g/mol. The van der Waals surface area contributed by atoms with Crippen LogP contribution in [0, 0.1) is 16.7 Å². The van der Waals surface area contributed by atoms with E-state index < -0.39 is 0 Å². The highest BCUT2D eigenvalue weighted by Gasteiger charge is 2.38. The zero-order chi connectivity index (χ0) is 10.7. The third kappa shape index (κ3) is 1.88. The fourth-order valence-electron chi connectivity index (χ4n) is 2.16. The van der Waals surface area contributed by atoms with Gasteiger partial charge in [-0.2, -0.15) is 5.26 Å². The summed E-state index contributed by atoms with van der Waals surface area (Å²) < 4.78 is 5.75. The van der Waals surface area contributed by atoms with Crippen molar-refractivity contribution >= 4 is 0 Å². The summed E-state index contributed by atoms with van der Waals surface area (Å²) in [5.41, 5.74) is 0.737. The molecule has 1 saturated heterocycles. The molecule has 0 bridgehead atoms. The number of nitriles is 1. The molecule has 0 amide bonds. The molecule has 1 aromatic rings. The summed E-state index contributed by atoms with van der Waals surface area (Å²) in [5.74, 6) is 0. The molecule has 0 N–H and O–H groups in total. The summed E-state index contributed by atoms with van der Waals surface area (Å²) in [4.78, 5) is 0. The Kier molecular flexibility index (Phi) is 2.75. The number of hydrogen-bond acceptors (Lipinski definition) is 2. The minimum absolute atomic E-state index is 0.0718. The van der Waals surface area contributed by atoms with E-state index in [-0.39, 0.29) is 11.5 Å². The molecule has 0 radical (unpaired) electrons. The Bertz CT molecular complexity index is 368. The number of nitrogens with zero attached hydrogens (tertiary/aromatic N) is 1. The Morgan fingerprint density at radius 2 is 2.13 bits per heavy atom. The first-order chi connectivity index (χ1) is 7.26. The maximum absolute atomic E-state index is 9.25. The topological polar surface area (TPSA) is 33.0 Å². The van der Waals surface area contributed by atoms with Crippen LogP contribution in [-0.2, 0) is 4.74 Å². The summed E-state index contributed by atoms with van der Waals surface area (Å²) in [6, 6.07) is 12.4. The van der Waals surface area contributed by atoms with E-state index in [9.17, 15) is 5.26 Å². The van der Waals surface area contributed by atoms with E-state index in [1.165, 1.54) is 0 Å². The van der Waals surface area contributed by atoms with Crippen LogP contribution in [0.3, 0.4) is 0 Å². The van der Waals surface area contributed by atoms with Gasteiger partial charge in [-0.25, -0.2) is 0 Å². The van der Waals surface area contributed by atoms with E-state index in [1.54, 1.807) is 0 Å². The van der Waals surface area contributed by atoms with Crippen LogP contribution in [0.4, 0.5) is 0 Å². The summed E-state index contributed by atoms with van der Waals surface area (Å²) in [5, 5.41) is 9.25. The van der Waals surface area contributed by atoms with Gasteiger partial charge in [0.2, 0.25) is 0 Å². The fourth-order valence-corrected chi connectivity index (χ4v) is 2.16. The first-order valence-corrected chi connectivity index (χ1v) is 5.34. The second-order valence-electron chi connectivity index (χ2n) is 4.29. The van der Waals surface area contributed by atoms with Gasteiger partial charge in [0.15, 0.2) is 0 Å². The van der Waals surface area contributed by atoms with Crippen molar-refractivity contribution in [3.63, 3.8) is 0 Å². The van der Waals surface area contributed by atoms with E-state index in [2.05, 4.69) is 6.07 Å². The van der Waals surface area contributed by atoms with Crippen molar-refractivity contribution in [1.82, 2.24) is 0 Å². The predicted octanol–water partition coefficient (Wildman–Crippen LogP) is 3.07. The van der Waals surface area contributed by atoms with Crippen LogP contribution in [0.5, 0.6) is 0 Å². The van der Waals surface area contributed by atoms with Crippen molar-refractivity contribution in [2.24, 2.45) is 5.41 Å². The number of ether oxygens (including phenoxy) is 1. The highest BCUT2D eigenvalue weighted by molar-refractivity contribution is 5.23. The number of rotatable bonds is 1. The minimum atomic E-state index is -0.375. The van der Waals surface area contributed by atoms with Crippen LogP contribution in [0.25, 0.3) is 0 Å². The monoisotopic (exact) mass is 201 g/mol. The van der Waals surface area contributed by atoms with Gasteiger partial charge >= 0.3 is 0 Å². The molecule has 2 atom stereocenters. The van der Waals surface area contributed by atoms with E-state index in [0.717, 1.165) is 25.0 Å². The molecule has 15 heavy (non-hydrogen) atoms. The van der Waals surface area contributed by atoms with Crippen molar-refractivity contribution in [1.29, 1.82) is 5.26 Å². The summed E-state index contributed by atoms with van der Waals surface area (Å²) in [6.45, 7) is 2.75. The summed E-state index contributed by atoms with van der Waals surface area (Å²) in [6.07, 6.45) is 1.83. The van der Waals surface area contributed by atoms with Crippen molar-refractivity contribution in [3.8, 4) is 6.07 Å².